The fraction of sp³-hybridized carbons (Fsp3) is 0.529. The SMILES string of the molecule is COC[C@@H](c1ccccn1)N(C)Cc1nc2c(s1)CCCC2. The van der Waals surface area contributed by atoms with Crippen molar-refractivity contribution < 1.29 is 4.74 Å². The van der Waals surface area contributed by atoms with Crippen LogP contribution < -0.4 is 0 Å². The van der Waals surface area contributed by atoms with Gasteiger partial charge in [0.2, 0.25) is 0 Å². The number of fused-ring (bicyclic) bond motifs is 1. The maximum absolute atomic E-state index is 5.40. The van der Waals surface area contributed by atoms with E-state index in [2.05, 4.69) is 23.0 Å². The Morgan fingerprint density at radius 1 is 1.32 bits per heavy atom. The van der Waals surface area contributed by atoms with Crippen molar-refractivity contribution in [3.8, 4) is 0 Å². The number of hydrogen-bond acceptors (Lipinski definition) is 5. The molecular weight excluding hydrogens is 294 g/mol. The summed E-state index contributed by atoms with van der Waals surface area (Å²) in [6.45, 7) is 1.49. The summed E-state index contributed by atoms with van der Waals surface area (Å²) in [5.74, 6) is 0. The van der Waals surface area contributed by atoms with E-state index < -0.39 is 0 Å². The molecule has 0 radical (unpaired) electrons. The fourth-order valence-corrected chi connectivity index (χ4v) is 4.19. The molecule has 0 saturated heterocycles. The second kappa shape index (κ2) is 7.31. The molecule has 1 aliphatic rings. The molecular formula is C17H23N3OS. The highest BCUT2D eigenvalue weighted by Crippen LogP contribution is 2.28. The Hall–Kier alpha value is -1.30. The van der Waals surface area contributed by atoms with Gasteiger partial charge in [0.1, 0.15) is 5.01 Å². The molecule has 3 rings (SSSR count). The lowest BCUT2D eigenvalue weighted by Gasteiger charge is -2.26. The summed E-state index contributed by atoms with van der Waals surface area (Å²) >= 11 is 1.88. The van der Waals surface area contributed by atoms with Gasteiger partial charge in [-0.3, -0.25) is 9.88 Å². The Labute approximate surface area is 136 Å². The molecule has 0 N–H and O–H groups in total. The summed E-state index contributed by atoms with van der Waals surface area (Å²) in [6.07, 6.45) is 6.79. The quantitative estimate of drug-likeness (QED) is 0.820. The molecule has 1 aliphatic carbocycles. The molecule has 0 amide bonds. The zero-order valence-corrected chi connectivity index (χ0v) is 14.1. The highest BCUT2D eigenvalue weighted by molar-refractivity contribution is 7.11. The zero-order valence-electron chi connectivity index (χ0n) is 13.3. The second-order valence-corrected chi connectivity index (χ2v) is 6.99. The number of nitrogens with zero attached hydrogens (tertiary/aromatic N) is 3. The van der Waals surface area contributed by atoms with Crippen molar-refractivity contribution in [2.75, 3.05) is 20.8 Å². The maximum atomic E-state index is 5.40. The van der Waals surface area contributed by atoms with Gasteiger partial charge in [0.15, 0.2) is 0 Å². The first-order chi connectivity index (χ1) is 10.8. The minimum atomic E-state index is 0.159. The topological polar surface area (TPSA) is 38.2 Å². The first-order valence-electron chi connectivity index (χ1n) is 7.85. The predicted molar refractivity (Wildman–Crippen MR) is 89.1 cm³/mol. The predicted octanol–water partition coefficient (Wildman–Crippen LogP) is 3.24. The van der Waals surface area contributed by atoms with Gasteiger partial charge in [-0.15, -0.1) is 11.3 Å². The van der Waals surface area contributed by atoms with Crippen molar-refractivity contribution in [1.82, 2.24) is 14.9 Å². The van der Waals surface area contributed by atoms with E-state index in [9.17, 15) is 0 Å². The van der Waals surface area contributed by atoms with Gasteiger partial charge in [-0.05, 0) is 44.9 Å². The number of thiazole rings is 1. The number of aryl methyl sites for hydroxylation is 2. The molecule has 0 aliphatic heterocycles. The number of pyridine rings is 1. The normalized spacial score (nSPS) is 15.8. The average Bonchev–Trinajstić information content (AvgIpc) is 2.95. The summed E-state index contributed by atoms with van der Waals surface area (Å²) in [4.78, 5) is 13.1. The van der Waals surface area contributed by atoms with E-state index in [1.165, 1.54) is 34.8 Å². The van der Waals surface area contributed by atoms with Crippen LogP contribution in [0.15, 0.2) is 24.4 Å². The molecule has 118 valence electrons. The molecule has 2 aromatic rings. The second-order valence-electron chi connectivity index (χ2n) is 5.83. The number of aromatic nitrogens is 2. The smallest absolute Gasteiger partial charge is 0.107 e. The van der Waals surface area contributed by atoms with Crippen LogP contribution in [0.5, 0.6) is 0 Å². The van der Waals surface area contributed by atoms with Crippen LogP contribution in [0.25, 0.3) is 0 Å². The van der Waals surface area contributed by atoms with Crippen molar-refractivity contribution in [2.24, 2.45) is 0 Å². The maximum Gasteiger partial charge on any atom is 0.107 e. The van der Waals surface area contributed by atoms with Crippen LogP contribution in [-0.4, -0.2) is 35.6 Å². The number of ether oxygens (including phenoxy) is 1. The van der Waals surface area contributed by atoms with Crippen molar-refractivity contribution in [2.45, 2.75) is 38.3 Å². The van der Waals surface area contributed by atoms with Gasteiger partial charge in [-0.2, -0.15) is 0 Å². The monoisotopic (exact) mass is 317 g/mol. The molecule has 22 heavy (non-hydrogen) atoms. The third-order valence-electron chi connectivity index (χ3n) is 4.16. The molecule has 4 nitrogen and oxygen atoms in total. The van der Waals surface area contributed by atoms with Crippen LogP contribution >= 0.6 is 11.3 Å². The van der Waals surface area contributed by atoms with E-state index in [0.717, 1.165) is 18.7 Å². The van der Waals surface area contributed by atoms with Crippen molar-refractivity contribution >= 4 is 11.3 Å². The van der Waals surface area contributed by atoms with Crippen LogP contribution in [0, 0.1) is 0 Å². The number of hydrogen-bond donors (Lipinski definition) is 0. The zero-order chi connectivity index (χ0) is 15.4. The van der Waals surface area contributed by atoms with Crippen LogP contribution in [0.4, 0.5) is 0 Å². The van der Waals surface area contributed by atoms with E-state index >= 15 is 0 Å². The van der Waals surface area contributed by atoms with E-state index in [0.29, 0.717) is 6.61 Å². The summed E-state index contributed by atoms with van der Waals surface area (Å²) in [5.41, 5.74) is 2.38. The summed E-state index contributed by atoms with van der Waals surface area (Å²) in [5, 5.41) is 1.21. The van der Waals surface area contributed by atoms with Crippen LogP contribution in [0.2, 0.25) is 0 Å². The Kier molecular flexibility index (Phi) is 5.18. The molecule has 5 heteroatoms. The Morgan fingerprint density at radius 2 is 2.18 bits per heavy atom. The molecule has 0 unspecified atom stereocenters. The molecule has 2 heterocycles. The Bertz CT molecular complexity index is 576. The minimum absolute atomic E-state index is 0.159. The largest absolute Gasteiger partial charge is 0.383 e. The third kappa shape index (κ3) is 3.54. The molecule has 0 fully saturated rings. The Balaban J connectivity index is 1.73. The molecule has 0 aromatic carbocycles. The number of methoxy groups -OCH3 is 1. The lowest BCUT2D eigenvalue weighted by atomic mass is 10.0. The minimum Gasteiger partial charge on any atom is -0.383 e. The van der Waals surface area contributed by atoms with Gasteiger partial charge < -0.3 is 4.74 Å². The van der Waals surface area contributed by atoms with E-state index in [4.69, 9.17) is 9.72 Å². The van der Waals surface area contributed by atoms with Gasteiger partial charge >= 0.3 is 0 Å². The fourth-order valence-electron chi connectivity index (χ4n) is 2.97. The molecule has 2 aromatic heterocycles. The summed E-state index contributed by atoms with van der Waals surface area (Å²) in [6, 6.07) is 6.20. The van der Waals surface area contributed by atoms with Gasteiger partial charge in [-0.1, -0.05) is 6.07 Å². The van der Waals surface area contributed by atoms with Crippen LogP contribution in [0.3, 0.4) is 0 Å². The molecule has 0 bridgehead atoms. The van der Waals surface area contributed by atoms with Crippen LogP contribution in [0.1, 0.15) is 40.2 Å². The molecule has 0 saturated carbocycles. The summed E-state index contributed by atoms with van der Waals surface area (Å²) in [7, 11) is 3.87. The van der Waals surface area contributed by atoms with Gasteiger partial charge in [0, 0.05) is 18.2 Å². The molecule has 0 spiro atoms. The first-order valence-corrected chi connectivity index (χ1v) is 8.67. The Morgan fingerprint density at radius 3 is 2.91 bits per heavy atom. The number of likely N-dealkylation sites (N-methyl/N-ethyl adjacent to an activating group) is 1. The van der Waals surface area contributed by atoms with E-state index in [1.54, 1.807) is 7.11 Å². The van der Waals surface area contributed by atoms with Gasteiger partial charge in [-0.25, -0.2) is 4.98 Å². The van der Waals surface area contributed by atoms with Crippen molar-refractivity contribution in [1.29, 1.82) is 0 Å². The first kappa shape index (κ1) is 15.6. The van der Waals surface area contributed by atoms with Gasteiger partial charge in [0.25, 0.3) is 0 Å². The number of rotatable bonds is 6. The highest BCUT2D eigenvalue weighted by atomic mass is 32.1. The van der Waals surface area contributed by atoms with Gasteiger partial charge in [0.05, 0.1) is 30.6 Å². The standard InChI is InChI=1S/C17H23N3OS/c1-20(15(12-21-2)13-7-5-6-10-18-13)11-17-19-14-8-3-4-9-16(14)22-17/h5-7,10,15H,3-4,8-9,11-12H2,1-2H3/t15-/m0/s1. The van der Waals surface area contributed by atoms with Crippen molar-refractivity contribution in [3.63, 3.8) is 0 Å². The third-order valence-corrected chi connectivity index (χ3v) is 5.30. The summed E-state index contributed by atoms with van der Waals surface area (Å²) < 4.78 is 5.40. The highest BCUT2D eigenvalue weighted by Gasteiger charge is 2.21. The van der Waals surface area contributed by atoms with E-state index in [-0.39, 0.29) is 6.04 Å². The molecule has 1 atom stereocenters. The lowest BCUT2D eigenvalue weighted by Crippen LogP contribution is -2.28. The average molecular weight is 317 g/mol. The van der Waals surface area contributed by atoms with Crippen LogP contribution in [-0.2, 0) is 24.1 Å². The van der Waals surface area contributed by atoms with E-state index in [1.807, 2.05) is 29.7 Å². The lowest BCUT2D eigenvalue weighted by molar-refractivity contribution is 0.0999. The van der Waals surface area contributed by atoms with Crippen molar-refractivity contribution in [3.05, 3.63) is 45.7 Å².